The summed E-state index contributed by atoms with van der Waals surface area (Å²) in [5.74, 6) is 1.78. The lowest BCUT2D eigenvalue weighted by molar-refractivity contribution is 0.255. The Labute approximate surface area is 109 Å². The van der Waals surface area contributed by atoms with Gasteiger partial charge >= 0.3 is 0 Å². The van der Waals surface area contributed by atoms with E-state index in [0.717, 1.165) is 17.9 Å². The third kappa shape index (κ3) is 6.45. The van der Waals surface area contributed by atoms with Crippen LogP contribution in [0.2, 0.25) is 0 Å². The van der Waals surface area contributed by atoms with Crippen LogP contribution < -0.4 is 5.32 Å². The summed E-state index contributed by atoms with van der Waals surface area (Å²) < 4.78 is 0. The van der Waals surface area contributed by atoms with Gasteiger partial charge in [-0.15, -0.1) is 0 Å². The molecule has 1 N–H and O–H groups in total. The van der Waals surface area contributed by atoms with Crippen LogP contribution in [-0.2, 0) is 0 Å². The first-order chi connectivity index (χ1) is 8.24. The zero-order valence-electron chi connectivity index (χ0n) is 12.3. The van der Waals surface area contributed by atoms with Crippen molar-refractivity contribution in [2.24, 2.45) is 11.8 Å². The summed E-state index contributed by atoms with van der Waals surface area (Å²) >= 11 is 0. The highest BCUT2D eigenvalue weighted by Gasteiger charge is 2.22. The molecule has 102 valence electrons. The summed E-state index contributed by atoms with van der Waals surface area (Å²) in [4.78, 5) is 0. The molecule has 0 bridgehead atoms. The van der Waals surface area contributed by atoms with E-state index in [9.17, 15) is 0 Å². The maximum atomic E-state index is 3.82. The minimum atomic E-state index is 0.785. The second-order valence-electron chi connectivity index (χ2n) is 6.30. The van der Waals surface area contributed by atoms with Gasteiger partial charge in [0.05, 0.1) is 0 Å². The van der Waals surface area contributed by atoms with Gasteiger partial charge in [0.1, 0.15) is 0 Å². The van der Waals surface area contributed by atoms with Crippen molar-refractivity contribution in [2.75, 3.05) is 6.54 Å². The molecule has 1 nitrogen and oxygen atoms in total. The van der Waals surface area contributed by atoms with Crippen molar-refractivity contribution in [3.63, 3.8) is 0 Å². The Morgan fingerprint density at radius 2 is 1.59 bits per heavy atom. The first-order valence-corrected chi connectivity index (χ1v) is 7.97. The first kappa shape index (κ1) is 15.0. The van der Waals surface area contributed by atoms with E-state index in [0.29, 0.717) is 0 Å². The SMILES string of the molecule is CCCNC(CC(C)C)C1CCCCCCC1. The lowest BCUT2D eigenvalue weighted by Crippen LogP contribution is -2.38. The van der Waals surface area contributed by atoms with Gasteiger partial charge in [0.25, 0.3) is 0 Å². The van der Waals surface area contributed by atoms with Gasteiger partial charge in [-0.05, 0) is 44.1 Å². The highest BCUT2D eigenvalue weighted by Crippen LogP contribution is 2.27. The molecule has 1 aliphatic carbocycles. The molecule has 1 heteroatoms. The molecule has 1 saturated carbocycles. The molecule has 1 unspecified atom stereocenters. The maximum Gasteiger partial charge on any atom is 0.00977 e. The van der Waals surface area contributed by atoms with Gasteiger partial charge in [-0.1, -0.05) is 52.9 Å². The minimum Gasteiger partial charge on any atom is -0.314 e. The second kappa shape index (κ2) is 8.97. The van der Waals surface area contributed by atoms with Crippen LogP contribution in [0.1, 0.15) is 78.6 Å². The van der Waals surface area contributed by atoms with Crippen LogP contribution in [0.3, 0.4) is 0 Å². The standard InChI is InChI=1S/C16H33N/c1-4-12-17-16(13-14(2)3)15-10-8-6-5-7-9-11-15/h14-17H,4-13H2,1-3H3. The summed E-state index contributed by atoms with van der Waals surface area (Å²) in [7, 11) is 0. The average molecular weight is 239 g/mol. The Balaban J connectivity index is 2.45. The van der Waals surface area contributed by atoms with Crippen LogP contribution in [-0.4, -0.2) is 12.6 Å². The first-order valence-electron chi connectivity index (χ1n) is 7.97. The third-order valence-corrected chi connectivity index (χ3v) is 4.10. The normalized spacial score (nSPS) is 21.2. The van der Waals surface area contributed by atoms with E-state index in [4.69, 9.17) is 0 Å². The molecule has 0 amide bonds. The molecule has 0 heterocycles. The molecule has 0 aliphatic heterocycles. The smallest absolute Gasteiger partial charge is 0.00977 e. The van der Waals surface area contributed by atoms with Crippen molar-refractivity contribution in [3.05, 3.63) is 0 Å². The van der Waals surface area contributed by atoms with E-state index in [1.807, 2.05) is 0 Å². The lowest BCUT2D eigenvalue weighted by atomic mass is 9.82. The number of rotatable bonds is 6. The molecule has 1 aliphatic rings. The van der Waals surface area contributed by atoms with Crippen LogP contribution in [0.25, 0.3) is 0 Å². The molecule has 0 aromatic heterocycles. The molecule has 1 rings (SSSR count). The van der Waals surface area contributed by atoms with Crippen molar-refractivity contribution in [3.8, 4) is 0 Å². The average Bonchev–Trinajstić information content (AvgIpc) is 2.23. The highest BCUT2D eigenvalue weighted by molar-refractivity contribution is 4.79. The van der Waals surface area contributed by atoms with Crippen molar-refractivity contribution in [1.29, 1.82) is 0 Å². The van der Waals surface area contributed by atoms with Crippen LogP contribution >= 0.6 is 0 Å². The number of nitrogens with one attached hydrogen (secondary N) is 1. The topological polar surface area (TPSA) is 12.0 Å². The van der Waals surface area contributed by atoms with Crippen LogP contribution in [0.15, 0.2) is 0 Å². The Hall–Kier alpha value is -0.0400. The molecule has 0 saturated heterocycles. The van der Waals surface area contributed by atoms with Gasteiger partial charge < -0.3 is 5.32 Å². The summed E-state index contributed by atoms with van der Waals surface area (Å²) in [6.07, 6.45) is 12.9. The molecule has 17 heavy (non-hydrogen) atoms. The molecule has 0 aromatic carbocycles. The van der Waals surface area contributed by atoms with Crippen molar-refractivity contribution in [2.45, 2.75) is 84.6 Å². The molecule has 0 spiro atoms. The fourth-order valence-corrected chi connectivity index (χ4v) is 3.17. The van der Waals surface area contributed by atoms with Crippen LogP contribution in [0.5, 0.6) is 0 Å². The van der Waals surface area contributed by atoms with Crippen LogP contribution in [0, 0.1) is 11.8 Å². The summed E-state index contributed by atoms with van der Waals surface area (Å²) in [6.45, 7) is 8.21. The molecule has 0 aromatic rings. The largest absolute Gasteiger partial charge is 0.314 e. The zero-order valence-corrected chi connectivity index (χ0v) is 12.3. The predicted octanol–water partition coefficient (Wildman–Crippen LogP) is 4.76. The van der Waals surface area contributed by atoms with Gasteiger partial charge in [-0.2, -0.15) is 0 Å². The number of hydrogen-bond acceptors (Lipinski definition) is 1. The second-order valence-corrected chi connectivity index (χ2v) is 6.30. The molecule has 1 fully saturated rings. The Morgan fingerprint density at radius 3 is 2.12 bits per heavy atom. The minimum absolute atomic E-state index is 0.785. The Bertz CT molecular complexity index is 168. The van der Waals surface area contributed by atoms with E-state index in [1.165, 1.54) is 64.3 Å². The van der Waals surface area contributed by atoms with Crippen molar-refractivity contribution in [1.82, 2.24) is 5.32 Å². The maximum absolute atomic E-state index is 3.82. The van der Waals surface area contributed by atoms with E-state index >= 15 is 0 Å². The van der Waals surface area contributed by atoms with E-state index in [1.54, 1.807) is 0 Å². The van der Waals surface area contributed by atoms with Gasteiger partial charge in [0.15, 0.2) is 0 Å². The monoisotopic (exact) mass is 239 g/mol. The van der Waals surface area contributed by atoms with Gasteiger partial charge in [0, 0.05) is 6.04 Å². The Kier molecular flexibility index (Phi) is 7.92. The molecular formula is C16H33N. The predicted molar refractivity (Wildman–Crippen MR) is 77.3 cm³/mol. The van der Waals surface area contributed by atoms with Crippen molar-refractivity contribution < 1.29 is 0 Å². The summed E-state index contributed by atoms with van der Waals surface area (Å²) in [5.41, 5.74) is 0. The fourth-order valence-electron chi connectivity index (χ4n) is 3.17. The van der Waals surface area contributed by atoms with Crippen LogP contribution in [0.4, 0.5) is 0 Å². The van der Waals surface area contributed by atoms with Gasteiger partial charge in [0.2, 0.25) is 0 Å². The zero-order chi connectivity index (χ0) is 12.5. The van der Waals surface area contributed by atoms with E-state index in [2.05, 4.69) is 26.1 Å². The summed E-state index contributed by atoms with van der Waals surface area (Å²) in [6, 6.07) is 0.785. The summed E-state index contributed by atoms with van der Waals surface area (Å²) in [5, 5.41) is 3.82. The lowest BCUT2D eigenvalue weighted by Gasteiger charge is -2.31. The Morgan fingerprint density at radius 1 is 1.00 bits per heavy atom. The van der Waals surface area contributed by atoms with E-state index < -0.39 is 0 Å². The number of hydrogen-bond donors (Lipinski definition) is 1. The molecule has 0 radical (unpaired) electrons. The fraction of sp³-hybridized carbons (Fsp3) is 1.00. The van der Waals surface area contributed by atoms with Gasteiger partial charge in [-0.3, -0.25) is 0 Å². The third-order valence-electron chi connectivity index (χ3n) is 4.10. The highest BCUT2D eigenvalue weighted by atomic mass is 14.9. The van der Waals surface area contributed by atoms with E-state index in [-0.39, 0.29) is 0 Å². The molecular weight excluding hydrogens is 206 g/mol. The van der Waals surface area contributed by atoms with Gasteiger partial charge in [-0.25, -0.2) is 0 Å². The molecule has 1 atom stereocenters. The van der Waals surface area contributed by atoms with Crippen molar-refractivity contribution >= 4 is 0 Å². The quantitative estimate of drug-likeness (QED) is 0.704.